The molecule has 0 saturated heterocycles. The Hall–Kier alpha value is -0.820. The zero-order valence-corrected chi connectivity index (χ0v) is 14.5. The maximum Gasteiger partial charge on any atom is 0.213 e. The number of nitrogens with zero attached hydrogens (tertiary/aromatic N) is 1. The Morgan fingerprint density at radius 3 is 2.43 bits per heavy atom. The van der Waals surface area contributed by atoms with Crippen LogP contribution in [0.25, 0.3) is 0 Å². The summed E-state index contributed by atoms with van der Waals surface area (Å²) >= 11 is 0. The van der Waals surface area contributed by atoms with E-state index in [1.807, 2.05) is 0 Å². The first-order valence-electron chi connectivity index (χ1n) is 7.78. The molecule has 0 aromatic heterocycles. The highest BCUT2D eigenvalue weighted by Gasteiger charge is 2.20. The first-order valence-corrected chi connectivity index (χ1v) is 9.44. The molecular formula is C14H30N4O2S. The van der Waals surface area contributed by atoms with Crippen LogP contribution in [0.15, 0.2) is 4.99 Å². The summed E-state index contributed by atoms with van der Waals surface area (Å²) in [6, 6.07) is 0.282. The first-order chi connectivity index (χ1) is 9.84. The number of rotatable bonds is 8. The minimum atomic E-state index is -3.20. The van der Waals surface area contributed by atoms with Gasteiger partial charge in [-0.3, -0.25) is 4.99 Å². The maximum atomic E-state index is 11.9. The molecule has 0 spiro atoms. The lowest BCUT2D eigenvalue weighted by molar-refractivity contribution is 0.316. The SMILES string of the molecule is CN=C(NCCS(=O)(=O)NCC1CCC1)NC(C)C(C)C. The highest BCUT2D eigenvalue weighted by molar-refractivity contribution is 7.89. The topological polar surface area (TPSA) is 82.6 Å². The van der Waals surface area contributed by atoms with Crippen LogP contribution in [0.4, 0.5) is 0 Å². The highest BCUT2D eigenvalue weighted by atomic mass is 32.2. The Balaban J connectivity index is 2.26. The molecule has 1 atom stereocenters. The molecule has 0 aromatic carbocycles. The molecule has 1 aliphatic rings. The monoisotopic (exact) mass is 318 g/mol. The quantitative estimate of drug-likeness (QED) is 0.459. The van der Waals surface area contributed by atoms with Crippen molar-refractivity contribution in [3.05, 3.63) is 0 Å². The maximum absolute atomic E-state index is 11.9. The number of hydrogen-bond acceptors (Lipinski definition) is 3. The van der Waals surface area contributed by atoms with Crippen molar-refractivity contribution in [1.82, 2.24) is 15.4 Å². The van der Waals surface area contributed by atoms with E-state index in [1.54, 1.807) is 7.05 Å². The molecule has 3 N–H and O–H groups in total. The standard InChI is InChI=1S/C14H30N4O2S/c1-11(2)12(3)18-14(15-4)16-8-9-21(19,20)17-10-13-6-5-7-13/h11-13,17H,5-10H2,1-4H3,(H2,15,16,18). The summed E-state index contributed by atoms with van der Waals surface area (Å²) in [7, 11) is -1.51. The minimum Gasteiger partial charge on any atom is -0.355 e. The van der Waals surface area contributed by atoms with Crippen LogP contribution >= 0.6 is 0 Å². The van der Waals surface area contributed by atoms with Crippen molar-refractivity contribution in [2.75, 3.05) is 25.9 Å². The highest BCUT2D eigenvalue weighted by Crippen LogP contribution is 2.25. The zero-order valence-electron chi connectivity index (χ0n) is 13.6. The number of nitrogens with one attached hydrogen (secondary N) is 3. The third-order valence-corrected chi connectivity index (χ3v) is 5.42. The molecule has 0 bridgehead atoms. The Morgan fingerprint density at radius 2 is 1.95 bits per heavy atom. The molecule has 0 radical (unpaired) electrons. The van der Waals surface area contributed by atoms with Crippen LogP contribution in [0.1, 0.15) is 40.0 Å². The second kappa shape index (κ2) is 8.58. The molecule has 1 unspecified atom stereocenters. The van der Waals surface area contributed by atoms with Gasteiger partial charge in [0, 0.05) is 26.2 Å². The van der Waals surface area contributed by atoms with E-state index in [4.69, 9.17) is 0 Å². The van der Waals surface area contributed by atoms with Crippen LogP contribution in [-0.4, -0.2) is 46.3 Å². The predicted molar refractivity (Wildman–Crippen MR) is 87.9 cm³/mol. The fraction of sp³-hybridized carbons (Fsp3) is 0.929. The molecule has 0 aliphatic heterocycles. The lowest BCUT2D eigenvalue weighted by Crippen LogP contribution is -2.46. The average molecular weight is 318 g/mol. The van der Waals surface area contributed by atoms with Gasteiger partial charge in [0.25, 0.3) is 0 Å². The van der Waals surface area contributed by atoms with Crippen LogP contribution in [0.2, 0.25) is 0 Å². The summed E-state index contributed by atoms with van der Waals surface area (Å²) in [6.45, 7) is 7.26. The lowest BCUT2D eigenvalue weighted by atomic mass is 9.86. The van der Waals surface area contributed by atoms with Crippen molar-refractivity contribution < 1.29 is 8.42 Å². The van der Waals surface area contributed by atoms with Gasteiger partial charge in [0.15, 0.2) is 5.96 Å². The summed E-state index contributed by atoms with van der Waals surface area (Å²) in [5, 5.41) is 6.29. The number of hydrogen-bond donors (Lipinski definition) is 3. The van der Waals surface area contributed by atoms with Gasteiger partial charge in [-0.1, -0.05) is 20.3 Å². The van der Waals surface area contributed by atoms with Crippen LogP contribution in [0, 0.1) is 11.8 Å². The van der Waals surface area contributed by atoms with E-state index >= 15 is 0 Å². The molecule has 1 aliphatic carbocycles. The molecule has 1 fully saturated rings. The van der Waals surface area contributed by atoms with Gasteiger partial charge >= 0.3 is 0 Å². The smallest absolute Gasteiger partial charge is 0.213 e. The average Bonchev–Trinajstić information content (AvgIpc) is 2.34. The van der Waals surface area contributed by atoms with Crippen molar-refractivity contribution in [3.63, 3.8) is 0 Å². The Bertz CT molecular complexity index is 430. The molecule has 6 nitrogen and oxygen atoms in total. The number of sulfonamides is 1. The third kappa shape index (κ3) is 7.13. The summed E-state index contributed by atoms with van der Waals surface area (Å²) in [5.74, 6) is 1.73. The summed E-state index contributed by atoms with van der Waals surface area (Å²) in [4.78, 5) is 4.11. The van der Waals surface area contributed by atoms with Gasteiger partial charge in [0.05, 0.1) is 5.75 Å². The molecule has 124 valence electrons. The molecule has 0 amide bonds. The fourth-order valence-corrected chi connectivity index (χ4v) is 2.90. The van der Waals surface area contributed by atoms with Gasteiger partial charge in [-0.2, -0.15) is 0 Å². The van der Waals surface area contributed by atoms with E-state index in [0.717, 1.165) is 12.8 Å². The summed E-state index contributed by atoms with van der Waals surface area (Å²) in [6.07, 6.45) is 3.51. The van der Waals surface area contributed by atoms with Crippen LogP contribution < -0.4 is 15.4 Å². The summed E-state index contributed by atoms with van der Waals surface area (Å²) in [5.41, 5.74) is 0. The second-order valence-corrected chi connectivity index (χ2v) is 8.07. The fourth-order valence-electron chi connectivity index (χ4n) is 1.89. The van der Waals surface area contributed by atoms with Crippen molar-refractivity contribution >= 4 is 16.0 Å². The van der Waals surface area contributed by atoms with E-state index in [0.29, 0.717) is 30.9 Å². The zero-order chi connectivity index (χ0) is 15.9. The van der Waals surface area contributed by atoms with Crippen LogP contribution in [0.5, 0.6) is 0 Å². The summed E-state index contributed by atoms with van der Waals surface area (Å²) < 4.78 is 26.4. The molecule has 1 saturated carbocycles. The van der Waals surface area contributed by atoms with Crippen molar-refractivity contribution in [1.29, 1.82) is 0 Å². The van der Waals surface area contributed by atoms with E-state index in [1.165, 1.54) is 6.42 Å². The first kappa shape index (κ1) is 18.2. The van der Waals surface area contributed by atoms with Gasteiger partial charge < -0.3 is 10.6 Å². The Kier molecular flexibility index (Phi) is 7.45. The van der Waals surface area contributed by atoms with Crippen molar-refractivity contribution in [2.24, 2.45) is 16.8 Å². The Labute approximate surface area is 129 Å². The van der Waals surface area contributed by atoms with Gasteiger partial charge in [-0.15, -0.1) is 0 Å². The van der Waals surface area contributed by atoms with Gasteiger partial charge in [0.2, 0.25) is 10.0 Å². The van der Waals surface area contributed by atoms with Crippen LogP contribution in [-0.2, 0) is 10.0 Å². The molecule has 0 heterocycles. The second-order valence-electron chi connectivity index (χ2n) is 6.14. The minimum absolute atomic E-state index is 0.0660. The largest absolute Gasteiger partial charge is 0.355 e. The third-order valence-electron chi connectivity index (χ3n) is 4.07. The molecule has 0 aromatic rings. The van der Waals surface area contributed by atoms with E-state index in [-0.39, 0.29) is 11.8 Å². The van der Waals surface area contributed by atoms with E-state index < -0.39 is 10.0 Å². The Morgan fingerprint density at radius 1 is 1.29 bits per heavy atom. The number of guanidine groups is 1. The number of aliphatic imine (C=N–C) groups is 1. The molecule has 1 rings (SSSR count). The lowest BCUT2D eigenvalue weighted by Gasteiger charge is -2.25. The van der Waals surface area contributed by atoms with E-state index in [9.17, 15) is 8.42 Å². The molecular weight excluding hydrogens is 288 g/mol. The molecule has 21 heavy (non-hydrogen) atoms. The van der Waals surface area contributed by atoms with Crippen LogP contribution in [0.3, 0.4) is 0 Å². The van der Waals surface area contributed by atoms with Crippen molar-refractivity contribution in [2.45, 2.75) is 46.1 Å². The van der Waals surface area contributed by atoms with Crippen molar-refractivity contribution in [3.8, 4) is 0 Å². The van der Waals surface area contributed by atoms with Gasteiger partial charge in [-0.25, -0.2) is 13.1 Å². The normalized spacial score (nSPS) is 18.4. The molecule has 7 heteroatoms. The van der Waals surface area contributed by atoms with Gasteiger partial charge in [0.1, 0.15) is 0 Å². The van der Waals surface area contributed by atoms with E-state index in [2.05, 4.69) is 41.1 Å². The predicted octanol–water partition coefficient (Wildman–Crippen LogP) is 0.915. The van der Waals surface area contributed by atoms with Gasteiger partial charge in [-0.05, 0) is 31.6 Å².